The summed E-state index contributed by atoms with van der Waals surface area (Å²) in [5, 5.41) is 9.38. The summed E-state index contributed by atoms with van der Waals surface area (Å²) >= 11 is 0. The van der Waals surface area contributed by atoms with Gasteiger partial charge >= 0.3 is 0 Å². The molecule has 0 N–H and O–H groups in total. The molecule has 1 aromatic carbocycles. The molecule has 1 unspecified atom stereocenters. The van der Waals surface area contributed by atoms with Gasteiger partial charge in [0.25, 0.3) is 5.91 Å². The summed E-state index contributed by atoms with van der Waals surface area (Å²) in [5.41, 5.74) is 1.53. The third kappa shape index (κ3) is 2.84. The number of carbonyl (C=O) groups excluding carboxylic acids is 1. The molecule has 1 amide bonds. The maximum atomic E-state index is 13.3. The van der Waals surface area contributed by atoms with Crippen LogP contribution < -0.4 is 0 Å². The van der Waals surface area contributed by atoms with Crippen molar-refractivity contribution in [2.45, 2.75) is 32.5 Å². The van der Waals surface area contributed by atoms with Crippen molar-refractivity contribution in [3.8, 4) is 0 Å². The molecule has 0 aliphatic carbocycles. The van der Waals surface area contributed by atoms with E-state index in [2.05, 4.69) is 26.7 Å². The van der Waals surface area contributed by atoms with Gasteiger partial charge in [-0.2, -0.15) is 0 Å². The molecule has 3 heterocycles. The van der Waals surface area contributed by atoms with Crippen molar-refractivity contribution in [2.75, 3.05) is 13.7 Å². The number of para-hydroxylation sites is 1. The first-order chi connectivity index (χ1) is 12.7. The third-order valence-electron chi connectivity index (χ3n) is 4.89. The maximum absolute atomic E-state index is 13.3. The number of hydrogen-bond donors (Lipinski definition) is 0. The molecular formula is C19H21N5O2. The van der Waals surface area contributed by atoms with Gasteiger partial charge in [0.1, 0.15) is 12.4 Å². The summed E-state index contributed by atoms with van der Waals surface area (Å²) < 4.78 is 7.27. The first-order valence-electron chi connectivity index (χ1n) is 8.73. The topological polar surface area (TPSA) is 73.1 Å². The molecule has 0 saturated heterocycles. The van der Waals surface area contributed by atoms with Crippen molar-refractivity contribution in [1.29, 1.82) is 0 Å². The Morgan fingerprint density at radius 2 is 2.08 bits per heavy atom. The third-order valence-corrected chi connectivity index (χ3v) is 4.89. The zero-order chi connectivity index (χ0) is 18.1. The van der Waals surface area contributed by atoms with E-state index in [4.69, 9.17) is 4.74 Å². The Balaban J connectivity index is 1.65. The van der Waals surface area contributed by atoms with Gasteiger partial charge in [-0.15, -0.1) is 10.2 Å². The SMILES string of the molecule is COCc1nnc2n1CCN(C(=O)c1ccnc3ccccc13)C(C)C2. The maximum Gasteiger partial charge on any atom is 0.254 e. The predicted molar refractivity (Wildman–Crippen MR) is 96.7 cm³/mol. The lowest BCUT2D eigenvalue weighted by molar-refractivity contribution is 0.0697. The number of rotatable bonds is 3. The lowest BCUT2D eigenvalue weighted by atomic mass is 10.1. The number of pyridine rings is 1. The van der Waals surface area contributed by atoms with Crippen LogP contribution >= 0.6 is 0 Å². The monoisotopic (exact) mass is 351 g/mol. The van der Waals surface area contributed by atoms with E-state index in [9.17, 15) is 4.79 Å². The summed E-state index contributed by atoms with van der Waals surface area (Å²) in [6.45, 7) is 3.75. The minimum atomic E-state index is 0.0307. The molecular weight excluding hydrogens is 330 g/mol. The summed E-state index contributed by atoms with van der Waals surface area (Å²) in [5.74, 6) is 1.74. The fraction of sp³-hybridized carbons (Fsp3) is 0.368. The van der Waals surface area contributed by atoms with Crippen LogP contribution in [-0.4, -0.2) is 50.3 Å². The van der Waals surface area contributed by atoms with Crippen LogP contribution in [0.25, 0.3) is 10.9 Å². The Bertz CT molecular complexity index is 947. The highest BCUT2D eigenvalue weighted by molar-refractivity contribution is 6.06. The first kappa shape index (κ1) is 16.7. The molecule has 1 aliphatic rings. The van der Waals surface area contributed by atoms with Crippen LogP contribution in [-0.2, 0) is 24.3 Å². The normalized spacial score (nSPS) is 17.2. The fourth-order valence-electron chi connectivity index (χ4n) is 3.56. The molecule has 26 heavy (non-hydrogen) atoms. The molecule has 0 spiro atoms. The number of carbonyl (C=O) groups is 1. The van der Waals surface area contributed by atoms with Crippen molar-refractivity contribution in [2.24, 2.45) is 0 Å². The van der Waals surface area contributed by atoms with Crippen molar-refractivity contribution in [1.82, 2.24) is 24.6 Å². The first-order valence-corrected chi connectivity index (χ1v) is 8.73. The fourth-order valence-corrected chi connectivity index (χ4v) is 3.56. The predicted octanol–water partition coefficient (Wildman–Crippen LogP) is 2.06. The van der Waals surface area contributed by atoms with E-state index in [1.807, 2.05) is 29.2 Å². The van der Waals surface area contributed by atoms with E-state index < -0.39 is 0 Å². The number of benzene rings is 1. The van der Waals surface area contributed by atoms with Gasteiger partial charge in [-0.05, 0) is 19.1 Å². The standard InChI is InChI=1S/C19H21N5O2/c1-13-11-17-21-22-18(12-26-2)24(17)10-9-23(13)19(25)15-7-8-20-16-6-4-3-5-14(15)16/h3-8,13H,9-12H2,1-2H3. The van der Waals surface area contributed by atoms with Gasteiger partial charge in [-0.25, -0.2) is 0 Å². The summed E-state index contributed by atoms with van der Waals surface area (Å²) in [4.78, 5) is 19.6. The number of nitrogens with zero attached hydrogens (tertiary/aromatic N) is 5. The Morgan fingerprint density at radius 1 is 1.23 bits per heavy atom. The van der Waals surface area contributed by atoms with Gasteiger partial charge in [0.05, 0.1) is 11.1 Å². The van der Waals surface area contributed by atoms with Gasteiger partial charge in [-0.3, -0.25) is 9.78 Å². The van der Waals surface area contributed by atoms with Crippen molar-refractivity contribution >= 4 is 16.8 Å². The second-order valence-electron chi connectivity index (χ2n) is 6.54. The Morgan fingerprint density at radius 3 is 2.92 bits per heavy atom. The van der Waals surface area contributed by atoms with Crippen LogP contribution in [0.1, 0.15) is 28.9 Å². The quantitative estimate of drug-likeness (QED) is 0.722. The molecule has 7 nitrogen and oxygen atoms in total. The zero-order valence-corrected chi connectivity index (χ0v) is 14.9. The molecule has 0 fully saturated rings. The number of ether oxygens (including phenoxy) is 1. The van der Waals surface area contributed by atoms with Crippen LogP contribution in [0, 0.1) is 0 Å². The van der Waals surface area contributed by atoms with E-state index in [1.165, 1.54) is 0 Å². The zero-order valence-electron chi connectivity index (χ0n) is 14.9. The van der Waals surface area contributed by atoms with Crippen LogP contribution in [0.2, 0.25) is 0 Å². The van der Waals surface area contributed by atoms with Gasteiger partial charge in [0.2, 0.25) is 0 Å². The minimum absolute atomic E-state index is 0.0307. The highest BCUT2D eigenvalue weighted by Crippen LogP contribution is 2.22. The van der Waals surface area contributed by atoms with Gasteiger partial charge in [0.15, 0.2) is 5.82 Å². The average Bonchev–Trinajstić information content (AvgIpc) is 2.94. The lowest BCUT2D eigenvalue weighted by Gasteiger charge is -2.27. The number of amides is 1. The molecule has 0 bridgehead atoms. The molecule has 0 radical (unpaired) electrons. The van der Waals surface area contributed by atoms with Crippen molar-refractivity contribution in [3.63, 3.8) is 0 Å². The highest BCUT2D eigenvalue weighted by atomic mass is 16.5. The number of fused-ring (bicyclic) bond motifs is 2. The van der Waals surface area contributed by atoms with Crippen LogP contribution in [0.5, 0.6) is 0 Å². The molecule has 0 saturated carbocycles. The molecule has 2 aromatic heterocycles. The van der Waals surface area contributed by atoms with Crippen LogP contribution in [0.3, 0.4) is 0 Å². The molecule has 1 aliphatic heterocycles. The van der Waals surface area contributed by atoms with E-state index in [0.29, 0.717) is 31.7 Å². The van der Waals surface area contributed by atoms with E-state index >= 15 is 0 Å². The van der Waals surface area contributed by atoms with Gasteiger partial charge in [-0.1, -0.05) is 18.2 Å². The minimum Gasteiger partial charge on any atom is -0.377 e. The molecule has 7 heteroatoms. The summed E-state index contributed by atoms with van der Waals surface area (Å²) in [6.07, 6.45) is 2.37. The number of methoxy groups -OCH3 is 1. The summed E-state index contributed by atoms with van der Waals surface area (Å²) in [7, 11) is 1.64. The second-order valence-corrected chi connectivity index (χ2v) is 6.54. The highest BCUT2D eigenvalue weighted by Gasteiger charge is 2.28. The van der Waals surface area contributed by atoms with E-state index in [0.717, 1.165) is 22.6 Å². The Kier molecular flexibility index (Phi) is 4.38. The molecule has 3 aromatic rings. The van der Waals surface area contributed by atoms with Crippen LogP contribution in [0.15, 0.2) is 36.5 Å². The largest absolute Gasteiger partial charge is 0.377 e. The summed E-state index contributed by atoms with van der Waals surface area (Å²) in [6, 6.07) is 9.58. The average molecular weight is 351 g/mol. The molecule has 1 atom stereocenters. The van der Waals surface area contributed by atoms with Crippen molar-refractivity contribution in [3.05, 3.63) is 53.7 Å². The molecule has 4 rings (SSSR count). The van der Waals surface area contributed by atoms with E-state index in [1.54, 1.807) is 19.4 Å². The van der Waals surface area contributed by atoms with E-state index in [-0.39, 0.29) is 11.9 Å². The number of aromatic nitrogens is 4. The Hall–Kier alpha value is -2.80. The lowest BCUT2D eigenvalue weighted by Crippen LogP contribution is -2.40. The smallest absolute Gasteiger partial charge is 0.254 e. The number of hydrogen-bond acceptors (Lipinski definition) is 5. The second kappa shape index (κ2) is 6.84. The van der Waals surface area contributed by atoms with Gasteiger partial charge in [0, 0.05) is 44.2 Å². The van der Waals surface area contributed by atoms with Crippen molar-refractivity contribution < 1.29 is 9.53 Å². The van der Waals surface area contributed by atoms with Gasteiger partial charge < -0.3 is 14.2 Å². The molecule has 134 valence electrons. The Labute approximate surface area is 151 Å². The van der Waals surface area contributed by atoms with Crippen LogP contribution in [0.4, 0.5) is 0 Å².